The van der Waals surface area contributed by atoms with Gasteiger partial charge in [-0.3, -0.25) is 14.8 Å². The highest BCUT2D eigenvalue weighted by Crippen LogP contribution is 2.18. The van der Waals surface area contributed by atoms with Gasteiger partial charge in [0.25, 0.3) is 11.1 Å². The van der Waals surface area contributed by atoms with Crippen molar-refractivity contribution < 1.29 is 14.3 Å². The van der Waals surface area contributed by atoms with Crippen LogP contribution in [-0.2, 0) is 4.74 Å². The average molecular weight is 394 g/mol. The zero-order valence-electron chi connectivity index (χ0n) is 15.0. The van der Waals surface area contributed by atoms with Crippen molar-refractivity contribution in [1.29, 1.82) is 0 Å². The van der Waals surface area contributed by atoms with Crippen molar-refractivity contribution in [3.05, 3.63) is 60.4 Å². The van der Waals surface area contributed by atoms with Crippen LogP contribution in [0.1, 0.15) is 10.4 Å². The van der Waals surface area contributed by atoms with Crippen LogP contribution in [0.2, 0.25) is 0 Å². The summed E-state index contributed by atoms with van der Waals surface area (Å²) < 4.78 is 11.0. The van der Waals surface area contributed by atoms with Gasteiger partial charge in [0.05, 0.1) is 24.2 Å². The quantitative estimate of drug-likeness (QED) is 0.685. The minimum atomic E-state index is -0.217. The number of hydrogen-bond donors (Lipinski definition) is 1. The van der Waals surface area contributed by atoms with Gasteiger partial charge in [-0.25, -0.2) is 0 Å². The van der Waals surface area contributed by atoms with Crippen LogP contribution >= 0.6 is 12.2 Å². The minimum Gasteiger partial charge on any atom is -0.432 e. The van der Waals surface area contributed by atoms with Crippen molar-refractivity contribution in [2.45, 2.75) is 0 Å². The maximum atomic E-state index is 12.5. The lowest BCUT2D eigenvalue weighted by Gasteiger charge is -2.28. The monoisotopic (exact) mass is 394 g/mol. The second-order valence-electron chi connectivity index (χ2n) is 6.21. The van der Waals surface area contributed by atoms with E-state index in [0.717, 1.165) is 24.1 Å². The lowest BCUT2D eigenvalue weighted by atomic mass is 10.2. The number of carbonyl (C=O) groups is 1. The second-order valence-corrected chi connectivity index (χ2v) is 6.55. The molecule has 28 heavy (non-hydrogen) atoms. The first-order chi connectivity index (χ1) is 13.7. The van der Waals surface area contributed by atoms with Crippen LogP contribution in [0.5, 0.6) is 5.75 Å². The van der Waals surface area contributed by atoms with Crippen molar-refractivity contribution >= 4 is 40.0 Å². The molecule has 0 aliphatic carbocycles. The number of nitrogens with zero attached hydrogens (tertiary/aromatic N) is 3. The molecule has 0 unspecified atom stereocenters. The highest BCUT2D eigenvalue weighted by molar-refractivity contribution is 7.80. The van der Waals surface area contributed by atoms with Gasteiger partial charge in [-0.1, -0.05) is 0 Å². The molecular weight excluding hydrogens is 376 g/mol. The van der Waals surface area contributed by atoms with Gasteiger partial charge in [0.15, 0.2) is 0 Å². The average Bonchev–Trinajstić information content (AvgIpc) is 2.75. The maximum absolute atomic E-state index is 12.5. The van der Waals surface area contributed by atoms with E-state index in [1.54, 1.807) is 48.8 Å². The van der Waals surface area contributed by atoms with Gasteiger partial charge >= 0.3 is 0 Å². The van der Waals surface area contributed by atoms with Crippen molar-refractivity contribution in [3.63, 3.8) is 0 Å². The van der Waals surface area contributed by atoms with Gasteiger partial charge in [0.1, 0.15) is 5.75 Å². The van der Waals surface area contributed by atoms with Crippen molar-refractivity contribution in [2.75, 3.05) is 31.6 Å². The van der Waals surface area contributed by atoms with Crippen LogP contribution < -0.4 is 10.1 Å². The molecule has 1 fully saturated rings. The van der Waals surface area contributed by atoms with Crippen LogP contribution in [-0.4, -0.2) is 52.3 Å². The Morgan fingerprint density at radius 2 is 1.75 bits per heavy atom. The first-order valence-corrected chi connectivity index (χ1v) is 9.26. The lowest BCUT2D eigenvalue weighted by molar-refractivity contribution is 0.0631. The molecule has 1 amide bonds. The van der Waals surface area contributed by atoms with Gasteiger partial charge < -0.3 is 19.7 Å². The first kappa shape index (κ1) is 18.3. The molecule has 2 aromatic carbocycles. The van der Waals surface area contributed by atoms with Crippen LogP contribution in [0.4, 0.5) is 5.69 Å². The van der Waals surface area contributed by atoms with Crippen LogP contribution in [0, 0.1) is 0 Å². The molecule has 2 heterocycles. The largest absolute Gasteiger partial charge is 0.432 e. The molecule has 4 rings (SSSR count). The highest BCUT2D eigenvalue weighted by atomic mass is 32.1. The third-order valence-corrected chi connectivity index (χ3v) is 4.66. The zero-order chi connectivity index (χ0) is 19.3. The molecule has 0 saturated carbocycles. The standard InChI is InChI=1S/C20H18N4O3S/c25-19(23-15-3-6-17-18(13-15)22-8-7-21-17)14-1-4-16(5-2-14)27-20(28)24-9-11-26-12-10-24/h1-8,13H,9-12H2,(H,23,25). The summed E-state index contributed by atoms with van der Waals surface area (Å²) in [6, 6.07) is 12.3. The Hall–Kier alpha value is -3.10. The molecule has 0 spiro atoms. The Kier molecular flexibility index (Phi) is 5.41. The summed E-state index contributed by atoms with van der Waals surface area (Å²) in [7, 11) is 0. The molecule has 0 radical (unpaired) electrons. The van der Waals surface area contributed by atoms with Crippen LogP contribution in [0.15, 0.2) is 54.9 Å². The predicted molar refractivity (Wildman–Crippen MR) is 110 cm³/mol. The molecular formula is C20H18N4O3S. The predicted octanol–water partition coefficient (Wildman–Crippen LogP) is 2.88. The van der Waals surface area contributed by atoms with Gasteiger partial charge in [-0.05, 0) is 54.7 Å². The number of benzene rings is 2. The Morgan fingerprint density at radius 3 is 2.50 bits per heavy atom. The first-order valence-electron chi connectivity index (χ1n) is 8.86. The summed E-state index contributed by atoms with van der Waals surface area (Å²) in [4.78, 5) is 22.9. The number of amides is 1. The minimum absolute atomic E-state index is 0.217. The molecule has 0 bridgehead atoms. The topological polar surface area (TPSA) is 76.6 Å². The lowest BCUT2D eigenvalue weighted by Crippen LogP contribution is -2.42. The third kappa shape index (κ3) is 4.24. The van der Waals surface area contributed by atoms with E-state index >= 15 is 0 Å². The molecule has 0 atom stereocenters. The van der Waals surface area contributed by atoms with E-state index in [-0.39, 0.29) is 5.91 Å². The summed E-state index contributed by atoms with van der Waals surface area (Å²) >= 11 is 5.32. The third-order valence-electron chi connectivity index (χ3n) is 4.32. The summed E-state index contributed by atoms with van der Waals surface area (Å²) in [5.74, 6) is 0.375. The Morgan fingerprint density at radius 1 is 1.04 bits per heavy atom. The molecule has 7 nitrogen and oxygen atoms in total. The van der Waals surface area contributed by atoms with E-state index < -0.39 is 0 Å². The smallest absolute Gasteiger partial charge is 0.264 e. The van der Waals surface area contributed by atoms with Gasteiger partial charge in [0, 0.05) is 36.7 Å². The van der Waals surface area contributed by atoms with E-state index in [1.165, 1.54) is 0 Å². The summed E-state index contributed by atoms with van der Waals surface area (Å²) in [6.45, 7) is 2.72. The van der Waals surface area contributed by atoms with Gasteiger partial charge in [0.2, 0.25) is 0 Å². The molecule has 8 heteroatoms. The van der Waals surface area contributed by atoms with E-state index in [0.29, 0.717) is 35.4 Å². The number of rotatable bonds is 3. The normalized spacial score (nSPS) is 13.9. The molecule has 3 aromatic rings. The van der Waals surface area contributed by atoms with E-state index in [1.807, 2.05) is 11.0 Å². The Balaban J connectivity index is 1.39. The number of morpholine rings is 1. The van der Waals surface area contributed by atoms with Gasteiger partial charge in [-0.15, -0.1) is 0 Å². The van der Waals surface area contributed by atoms with E-state index in [9.17, 15) is 4.79 Å². The number of anilines is 1. The number of thiocarbonyl (C=S) groups is 1. The molecule has 142 valence electrons. The SMILES string of the molecule is O=C(Nc1ccc2nccnc2c1)c1ccc(OC(=S)N2CCOCC2)cc1. The maximum Gasteiger partial charge on any atom is 0.264 e. The highest BCUT2D eigenvalue weighted by Gasteiger charge is 2.15. The molecule has 1 N–H and O–H groups in total. The molecule has 1 aromatic heterocycles. The number of ether oxygens (including phenoxy) is 2. The van der Waals surface area contributed by atoms with Crippen LogP contribution in [0.25, 0.3) is 11.0 Å². The summed E-state index contributed by atoms with van der Waals surface area (Å²) in [5, 5.41) is 3.28. The molecule has 1 saturated heterocycles. The van der Waals surface area contributed by atoms with Crippen molar-refractivity contribution in [3.8, 4) is 5.75 Å². The van der Waals surface area contributed by atoms with Crippen molar-refractivity contribution in [1.82, 2.24) is 14.9 Å². The van der Waals surface area contributed by atoms with Crippen molar-refractivity contribution in [2.24, 2.45) is 0 Å². The van der Waals surface area contributed by atoms with E-state index in [4.69, 9.17) is 21.7 Å². The summed E-state index contributed by atoms with van der Waals surface area (Å²) in [5.41, 5.74) is 2.68. The number of fused-ring (bicyclic) bond motifs is 1. The zero-order valence-corrected chi connectivity index (χ0v) is 15.8. The number of hydrogen-bond acceptors (Lipinski definition) is 6. The fourth-order valence-corrected chi connectivity index (χ4v) is 3.11. The number of nitrogens with one attached hydrogen (secondary N) is 1. The Labute approximate surface area is 167 Å². The fourth-order valence-electron chi connectivity index (χ4n) is 2.83. The van der Waals surface area contributed by atoms with Gasteiger partial charge in [-0.2, -0.15) is 0 Å². The second kappa shape index (κ2) is 8.28. The molecule has 1 aliphatic rings. The fraction of sp³-hybridized carbons (Fsp3) is 0.200. The summed E-state index contributed by atoms with van der Waals surface area (Å²) in [6.07, 6.45) is 3.25. The molecule has 1 aliphatic heterocycles. The Bertz CT molecular complexity index is 1000. The van der Waals surface area contributed by atoms with E-state index in [2.05, 4.69) is 15.3 Å². The van der Waals surface area contributed by atoms with Crippen LogP contribution in [0.3, 0.4) is 0 Å². The number of aromatic nitrogens is 2. The number of carbonyl (C=O) groups excluding carboxylic acids is 1.